The second-order valence-corrected chi connectivity index (χ2v) is 6.09. The predicted octanol–water partition coefficient (Wildman–Crippen LogP) is 1.80. The Morgan fingerprint density at radius 2 is 1.80 bits per heavy atom. The monoisotopic (exact) mass is 342 g/mol. The first-order chi connectivity index (χ1) is 12.4. The van der Waals surface area contributed by atoms with Gasteiger partial charge >= 0.3 is 0 Å². The van der Waals surface area contributed by atoms with Crippen LogP contribution in [-0.4, -0.2) is 61.0 Å². The van der Waals surface area contributed by atoms with Crippen LogP contribution in [0.5, 0.6) is 17.2 Å². The number of ether oxygens (including phenoxy) is 3. The van der Waals surface area contributed by atoms with E-state index in [4.69, 9.17) is 14.2 Å². The van der Waals surface area contributed by atoms with Gasteiger partial charge in [-0.1, -0.05) is 0 Å². The molecule has 0 atom stereocenters. The molecular formula is C18H22N4O3. The minimum absolute atomic E-state index is 0.290. The lowest BCUT2D eigenvalue weighted by Gasteiger charge is -2.34. The molecule has 2 aromatic rings. The van der Waals surface area contributed by atoms with Crippen LogP contribution in [0.15, 0.2) is 36.7 Å². The van der Waals surface area contributed by atoms with E-state index in [9.17, 15) is 0 Å². The van der Waals surface area contributed by atoms with Crippen molar-refractivity contribution in [3.63, 3.8) is 0 Å². The molecule has 132 valence electrons. The molecule has 3 heterocycles. The molecule has 7 heteroatoms. The van der Waals surface area contributed by atoms with E-state index < -0.39 is 0 Å². The molecule has 0 aliphatic carbocycles. The van der Waals surface area contributed by atoms with E-state index in [1.54, 1.807) is 12.4 Å². The van der Waals surface area contributed by atoms with Crippen molar-refractivity contribution in [2.45, 2.75) is 6.42 Å². The average Bonchev–Trinajstić information content (AvgIpc) is 3.14. The third kappa shape index (κ3) is 3.93. The first kappa shape index (κ1) is 16.0. The minimum Gasteiger partial charge on any atom is -0.493 e. The number of aromatic nitrogens is 2. The molecule has 0 N–H and O–H groups in total. The third-order valence-corrected chi connectivity index (χ3v) is 4.44. The van der Waals surface area contributed by atoms with Crippen LogP contribution in [0.3, 0.4) is 0 Å². The standard InChI is InChI=1S/C18H22N4O3/c1-5-19-18(20-6-1)22-10-8-21(9-11-22)7-2-12-23-15-3-4-16-17(13-15)25-14-24-16/h1,3-6,13H,2,7-12,14H2. The fraction of sp³-hybridized carbons (Fsp3) is 0.444. The van der Waals surface area contributed by atoms with Crippen LogP contribution in [0.25, 0.3) is 0 Å². The highest BCUT2D eigenvalue weighted by Crippen LogP contribution is 2.35. The van der Waals surface area contributed by atoms with Gasteiger partial charge in [-0.3, -0.25) is 4.90 Å². The summed E-state index contributed by atoms with van der Waals surface area (Å²) in [6.45, 7) is 6.01. The number of hydrogen-bond acceptors (Lipinski definition) is 7. The smallest absolute Gasteiger partial charge is 0.231 e. The molecule has 1 aromatic carbocycles. The normalized spacial score (nSPS) is 16.9. The highest BCUT2D eigenvalue weighted by Gasteiger charge is 2.18. The van der Waals surface area contributed by atoms with Crippen LogP contribution >= 0.6 is 0 Å². The van der Waals surface area contributed by atoms with Crippen molar-refractivity contribution < 1.29 is 14.2 Å². The number of fused-ring (bicyclic) bond motifs is 1. The third-order valence-electron chi connectivity index (χ3n) is 4.44. The number of benzene rings is 1. The molecule has 2 aliphatic heterocycles. The molecule has 1 fully saturated rings. The van der Waals surface area contributed by atoms with Crippen molar-refractivity contribution in [2.75, 3.05) is 51.0 Å². The minimum atomic E-state index is 0.290. The molecule has 0 unspecified atom stereocenters. The molecule has 0 amide bonds. The van der Waals surface area contributed by atoms with Gasteiger partial charge in [-0.15, -0.1) is 0 Å². The SMILES string of the molecule is c1cnc(N2CCN(CCCOc3ccc4c(c3)OCO4)CC2)nc1. The molecule has 0 saturated carbocycles. The van der Waals surface area contributed by atoms with E-state index in [0.29, 0.717) is 13.4 Å². The maximum atomic E-state index is 5.82. The first-order valence-corrected chi connectivity index (χ1v) is 8.65. The van der Waals surface area contributed by atoms with Gasteiger partial charge in [-0.05, 0) is 24.6 Å². The predicted molar refractivity (Wildman–Crippen MR) is 93.4 cm³/mol. The number of rotatable bonds is 6. The molecule has 0 spiro atoms. The summed E-state index contributed by atoms with van der Waals surface area (Å²) in [5, 5.41) is 0. The van der Waals surface area contributed by atoms with Crippen LogP contribution in [0, 0.1) is 0 Å². The Bertz CT molecular complexity index is 690. The second-order valence-electron chi connectivity index (χ2n) is 6.09. The molecule has 1 aromatic heterocycles. The average molecular weight is 342 g/mol. The molecule has 25 heavy (non-hydrogen) atoms. The van der Waals surface area contributed by atoms with Crippen molar-refractivity contribution in [1.82, 2.24) is 14.9 Å². The van der Waals surface area contributed by atoms with Gasteiger partial charge in [0.05, 0.1) is 6.61 Å². The van der Waals surface area contributed by atoms with Crippen LogP contribution in [0.4, 0.5) is 5.95 Å². The van der Waals surface area contributed by atoms with Crippen molar-refractivity contribution in [1.29, 1.82) is 0 Å². The van der Waals surface area contributed by atoms with Gasteiger partial charge in [0.2, 0.25) is 12.7 Å². The number of hydrogen-bond donors (Lipinski definition) is 0. The molecule has 2 aliphatic rings. The highest BCUT2D eigenvalue weighted by molar-refractivity contribution is 5.46. The van der Waals surface area contributed by atoms with Crippen LogP contribution in [0.1, 0.15) is 6.42 Å². The number of nitrogens with zero attached hydrogens (tertiary/aromatic N) is 4. The fourth-order valence-corrected chi connectivity index (χ4v) is 3.07. The Hall–Kier alpha value is -2.54. The molecule has 4 rings (SSSR count). The van der Waals surface area contributed by atoms with Crippen LogP contribution in [-0.2, 0) is 0 Å². The zero-order valence-electron chi connectivity index (χ0n) is 14.1. The van der Waals surface area contributed by atoms with Gasteiger partial charge in [-0.2, -0.15) is 0 Å². The Morgan fingerprint density at radius 3 is 2.64 bits per heavy atom. The van der Waals surface area contributed by atoms with E-state index in [0.717, 1.165) is 62.3 Å². The van der Waals surface area contributed by atoms with Crippen molar-refractivity contribution >= 4 is 5.95 Å². The summed E-state index contributed by atoms with van der Waals surface area (Å²) in [5.74, 6) is 3.20. The summed E-state index contributed by atoms with van der Waals surface area (Å²) in [4.78, 5) is 13.3. The molecular weight excluding hydrogens is 320 g/mol. The van der Waals surface area contributed by atoms with Gasteiger partial charge in [-0.25, -0.2) is 9.97 Å². The van der Waals surface area contributed by atoms with Gasteiger partial charge in [0, 0.05) is 51.2 Å². The van der Waals surface area contributed by atoms with Crippen molar-refractivity contribution in [3.05, 3.63) is 36.7 Å². The summed E-state index contributed by atoms with van der Waals surface area (Å²) in [5.41, 5.74) is 0. The highest BCUT2D eigenvalue weighted by atomic mass is 16.7. The molecule has 1 saturated heterocycles. The summed E-state index contributed by atoms with van der Waals surface area (Å²) in [6, 6.07) is 7.55. The lowest BCUT2D eigenvalue weighted by molar-refractivity contribution is 0.173. The first-order valence-electron chi connectivity index (χ1n) is 8.65. The van der Waals surface area contributed by atoms with Crippen LogP contribution in [0.2, 0.25) is 0 Å². The Labute approximate surface area is 147 Å². The Kier molecular flexibility index (Phi) is 4.83. The summed E-state index contributed by atoms with van der Waals surface area (Å²) in [6.07, 6.45) is 4.58. The maximum Gasteiger partial charge on any atom is 0.231 e. The molecule has 7 nitrogen and oxygen atoms in total. The summed E-state index contributed by atoms with van der Waals surface area (Å²) < 4.78 is 16.5. The van der Waals surface area contributed by atoms with Crippen molar-refractivity contribution in [3.8, 4) is 17.2 Å². The zero-order chi connectivity index (χ0) is 16.9. The quantitative estimate of drug-likeness (QED) is 0.742. The lowest BCUT2D eigenvalue weighted by atomic mass is 10.3. The van der Waals surface area contributed by atoms with E-state index in [1.165, 1.54) is 0 Å². The van der Waals surface area contributed by atoms with Crippen LogP contribution < -0.4 is 19.1 Å². The second kappa shape index (κ2) is 7.57. The Balaban J connectivity index is 1.16. The molecule has 0 bridgehead atoms. The fourth-order valence-electron chi connectivity index (χ4n) is 3.07. The van der Waals surface area contributed by atoms with E-state index in [1.807, 2.05) is 24.3 Å². The Morgan fingerprint density at radius 1 is 1.00 bits per heavy atom. The van der Waals surface area contributed by atoms with Gasteiger partial charge in [0.25, 0.3) is 0 Å². The largest absolute Gasteiger partial charge is 0.493 e. The van der Waals surface area contributed by atoms with E-state index >= 15 is 0 Å². The van der Waals surface area contributed by atoms with Crippen molar-refractivity contribution in [2.24, 2.45) is 0 Å². The summed E-state index contributed by atoms with van der Waals surface area (Å²) >= 11 is 0. The maximum absolute atomic E-state index is 5.82. The number of piperazine rings is 1. The van der Waals surface area contributed by atoms with E-state index in [2.05, 4.69) is 19.8 Å². The van der Waals surface area contributed by atoms with Gasteiger partial charge < -0.3 is 19.1 Å². The summed E-state index contributed by atoms with van der Waals surface area (Å²) in [7, 11) is 0. The number of anilines is 1. The van der Waals surface area contributed by atoms with E-state index in [-0.39, 0.29) is 0 Å². The van der Waals surface area contributed by atoms with Gasteiger partial charge in [0.1, 0.15) is 5.75 Å². The zero-order valence-corrected chi connectivity index (χ0v) is 14.1. The topological polar surface area (TPSA) is 60.0 Å². The van der Waals surface area contributed by atoms with Gasteiger partial charge in [0.15, 0.2) is 11.5 Å². The molecule has 0 radical (unpaired) electrons. The lowest BCUT2D eigenvalue weighted by Crippen LogP contribution is -2.47.